The number of nitrogens with zero attached hydrogens (tertiary/aromatic N) is 5. The maximum absolute atomic E-state index is 5.50. The van der Waals surface area contributed by atoms with Gasteiger partial charge in [0.25, 0.3) is 0 Å². The van der Waals surface area contributed by atoms with Crippen molar-refractivity contribution >= 4 is 41.4 Å². The summed E-state index contributed by atoms with van der Waals surface area (Å²) in [5.74, 6) is 11.9. The van der Waals surface area contributed by atoms with E-state index in [1.807, 2.05) is 23.5 Å². The van der Waals surface area contributed by atoms with E-state index in [0.717, 1.165) is 61.1 Å². The van der Waals surface area contributed by atoms with Gasteiger partial charge in [-0.15, -0.1) is 0 Å². The number of nitrogens with one attached hydrogen (secondary N) is 1. The van der Waals surface area contributed by atoms with Crippen molar-refractivity contribution in [1.29, 1.82) is 0 Å². The molecular weight excluding hydrogens is 294 g/mol. The predicted molar refractivity (Wildman–Crippen MR) is 86.7 cm³/mol. The normalized spacial score (nSPS) is 20.1. The molecule has 110 valence electrons. The lowest BCUT2D eigenvalue weighted by Crippen LogP contribution is -2.37. The Balaban J connectivity index is 1.85. The van der Waals surface area contributed by atoms with E-state index in [-0.39, 0.29) is 0 Å². The Bertz CT molecular complexity index is 410. The molecule has 1 aromatic heterocycles. The molecule has 9 heteroatoms. The molecule has 0 unspecified atom stereocenters. The van der Waals surface area contributed by atoms with Crippen molar-refractivity contribution in [3.63, 3.8) is 0 Å². The third-order valence-corrected chi connectivity index (χ3v) is 5.21. The van der Waals surface area contributed by atoms with Gasteiger partial charge in [-0.1, -0.05) is 0 Å². The molecule has 2 fully saturated rings. The number of rotatable bonds is 3. The van der Waals surface area contributed by atoms with Crippen molar-refractivity contribution < 1.29 is 0 Å². The summed E-state index contributed by atoms with van der Waals surface area (Å²) < 4.78 is 0. The molecule has 0 amide bonds. The molecule has 2 saturated heterocycles. The predicted octanol–water partition coefficient (Wildman–Crippen LogP) is 0.264. The minimum atomic E-state index is 0.446. The highest BCUT2D eigenvalue weighted by Crippen LogP contribution is 2.21. The van der Waals surface area contributed by atoms with Gasteiger partial charge in [0.15, 0.2) is 0 Å². The van der Waals surface area contributed by atoms with Crippen molar-refractivity contribution in [1.82, 2.24) is 15.0 Å². The minimum absolute atomic E-state index is 0.446. The van der Waals surface area contributed by atoms with Crippen molar-refractivity contribution in [2.45, 2.75) is 0 Å². The standard InChI is InChI=1S/C11H19N7S2/c12-16-9-13-10(17-1-5-19-6-2-17)15-11(14-9)18-3-7-20-8-4-18/h1-8,12H2,(H,13,14,15,16). The molecule has 3 N–H and O–H groups in total. The average Bonchev–Trinajstić information content (AvgIpc) is 2.56. The molecule has 0 radical (unpaired) electrons. The largest absolute Gasteiger partial charge is 0.339 e. The number of hydrazine groups is 1. The average molecular weight is 313 g/mol. The summed E-state index contributed by atoms with van der Waals surface area (Å²) >= 11 is 3.94. The Morgan fingerprint density at radius 2 is 1.25 bits per heavy atom. The zero-order valence-corrected chi connectivity index (χ0v) is 12.9. The molecule has 0 bridgehead atoms. The molecule has 0 aromatic carbocycles. The highest BCUT2D eigenvalue weighted by molar-refractivity contribution is 7.99. The highest BCUT2D eigenvalue weighted by atomic mass is 32.2. The van der Waals surface area contributed by atoms with Crippen LogP contribution in [0.1, 0.15) is 0 Å². The van der Waals surface area contributed by atoms with Gasteiger partial charge in [0.05, 0.1) is 0 Å². The lowest BCUT2D eigenvalue weighted by molar-refractivity contribution is 0.773. The zero-order valence-electron chi connectivity index (χ0n) is 11.3. The van der Waals surface area contributed by atoms with Gasteiger partial charge in [0.1, 0.15) is 0 Å². The fourth-order valence-electron chi connectivity index (χ4n) is 2.23. The van der Waals surface area contributed by atoms with Crippen LogP contribution in [0.15, 0.2) is 0 Å². The lowest BCUT2D eigenvalue weighted by Gasteiger charge is -2.29. The van der Waals surface area contributed by atoms with Crippen LogP contribution in [0.2, 0.25) is 0 Å². The van der Waals surface area contributed by atoms with Crippen LogP contribution in [0.4, 0.5) is 17.8 Å². The first-order chi connectivity index (χ1) is 9.86. The first kappa shape index (κ1) is 14.0. The molecule has 0 spiro atoms. The third kappa shape index (κ3) is 3.21. The number of thioether (sulfide) groups is 2. The summed E-state index contributed by atoms with van der Waals surface area (Å²) in [5.41, 5.74) is 2.56. The summed E-state index contributed by atoms with van der Waals surface area (Å²) in [7, 11) is 0. The van der Waals surface area contributed by atoms with E-state index >= 15 is 0 Å². The van der Waals surface area contributed by atoms with Gasteiger partial charge in [-0.2, -0.15) is 38.5 Å². The molecule has 20 heavy (non-hydrogen) atoms. The molecular formula is C11H19N7S2. The molecule has 0 aliphatic carbocycles. The summed E-state index contributed by atoms with van der Waals surface area (Å²) in [5, 5.41) is 0. The molecule has 0 atom stereocenters. The summed E-state index contributed by atoms with van der Waals surface area (Å²) in [6.45, 7) is 3.92. The first-order valence-corrected chi connectivity index (χ1v) is 9.06. The monoisotopic (exact) mass is 313 g/mol. The number of anilines is 3. The van der Waals surface area contributed by atoms with Crippen LogP contribution >= 0.6 is 23.5 Å². The number of hydrogen-bond donors (Lipinski definition) is 2. The fourth-order valence-corrected chi connectivity index (χ4v) is 4.03. The summed E-state index contributed by atoms with van der Waals surface area (Å²) in [6.07, 6.45) is 0. The van der Waals surface area contributed by atoms with Crippen LogP contribution in [-0.4, -0.2) is 64.1 Å². The number of nitrogens with two attached hydrogens (primary N) is 1. The van der Waals surface area contributed by atoms with Gasteiger partial charge >= 0.3 is 0 Å². The van der Waals surface area contributed by atoms with E-state index in [4.69, 9.17) is 5.84 Å². The van der Waals surface area contributed by atoms with Gasteiger partial charge in [-0.05, 0) is 0 Å². The molecule has 7 nitrogen and oxygen atoms in total. The van der Waals surface area contributed by atoms with Gasteiger partial charge in [-0.25, -0.2) is 5.84 Å². The summed E-state index contributed by atoms with van der Waals surface area (Å²) in [4.78, 5) is 17.9. The van der Waals surface area contributed by atoms with Crippen LogP contribution < -0.4 is 21.1 Å². The van der Waals surface area contributed by atoms with Crippen LogP contribution in [0.3, 0.4) is 0 Å². The number of aromatic nitrogens is 3. The second-order valence-corrected chi connectivity index (χ2v) is 7.05. The van der Waals surface area contributed by atoms with Gasteiger partial charge in [-0.3, -0.25) is 5.43 Å². The second-order valence-electron chi connectivity index (χ2n) is 4.60. The van der Waals surface area contributed by atoms with Crippen LogP contribution in [0, 0.1) is 0 Å². The SMILES string of the molecule is NNc1nc(N2CCSCC2)nc(N2CCSCC2)n1. The minimum Gasteiger partial charge on any atom is -0.339 e. The smallest absolute Gasteiger partial charge is 0.243 e. The van der Waals surface area contributed by atoms with Crippen LogP contribution in [0.5, 0.6) is 0 Å². The Labute approximate surface area is 127 Å². The van der Waals surface area contributed by atoms with Crippen molar-refractivity contribution in [3.05, 3.63) is 0 Å². The maximum atomic E-state index is 5.50. The first-order valence-electron chi connectivity index (χ1n) is 6.75. The van der Waals surface area contributed by atoms with Crippen molar-refractivity contribution in [2.75, 3.05) is 64.4 Å². The van der Waals surface area contributed by atoms with Crippen molar-refractivity contribution in [2.24, 2.45) is 5.84 Å². The molecule has 2 aliphatic heterocycles. The third-order valence-electron chi connectivity index (χ3n) is 3.33. The molecule has 3 heterocycles. The molecule has 0 saturated carbocycles. The van der Waals surface area contributed by atoms with Crippen molar-refractivity contribution in [3.8, 4) is 0 Å². The maximum Gasteiger partial charge on any atom is 0.243 e. The van der Waals surface area contributed by atoms with Crippen LogP contribution in [-0.2, 0) is 0 Å². The Morgan fingerprint density at radius 1 is 0.800 bits per heavy atom. The topological polar surface area (TPSA) is 83.2 Å². The molecule has 3 rings (SSSR count). The van der Waals surface area contributed by atoms with Gasteiger partial charge < -0.3 is 9.80 Å². The number of hydrogen-bond acceptors (Lipinski definition) is 9. The summed E-state index contributed by atoms with van der Waals surface area (Å²) in [6, 6.07) is 0. The van der Waals surface area contributed by atoms with E-state index in [0.29, 0.717) is 5.95 Å². The molecule has 2 aliphatic rings. The zero-order chi connectivity index (χ0) is 13.8. The van der Waals surface area contributed by atoms with Gasteiger partial charge in [0, 0.05) is 49.2 Å². The van der Waals surface area contributed by atoms with E-state index < -0.39 is 0 Å². The second kappa shape index (κ2) is 6.68. The Morgan fingerprint density at radius 3 is 1.65 bits per heavy atom. The van der Waals surface area contributed by atoms with Gasteiger partial charge in [0.2, 0.25) is 17.8 Å². The Hall–Kier alpha value is -0.930. The van der Waals surface area contributed by atoms with E-state index in [2.05, 4.69) is 30.2 Å². The van der Waals surface area contributed by atoms with E-state index in [1.165, 1.54) is 0 Å². The fraction of sp³-hybridized carbons (Fsp3) is 0.727. The lowest BCUT2D eigenvalue weighted by atomic mass is 10.5. The van der Waals surface area contributed by atoms with E-state index in [9.17, 15) is 0 Å². The number of nitrogen functional groups attached to an aromatic ring is 1. The molecule has 1 aromatic rings. The highest BCUT2D eigenvalue weighted by Gasteiger charge is 2.20. The van der Waals surface area contributed by atoms with E-state index in [1.54, 1.807) is 0 Å². The van der Waals surface area contributed by atoms with Crippen LogP contribution in [0.25, 0.3) is 0 Å². The Kier molecular flexibility index (Phi) is 4.69. The quantitative estimate of drug-likeness (QED) is 0.603.